The van der Waals surface area contributed by atoms with Gasteiger partial charge < -0.3 is 4.57 Å². The molecule has 0 saturated heterocycles. The fourth-order valence-corrected chi connectivity index (χ4v) is 1.90. The van der Waals surface area contributed by atoms with Crippen molar-refractivity contribution in [2.24, 2.45) is 7.05 Å². The van der Waals surface area contributed by atoms with Crippen molar-refractivity contribution in [2.45, 2.75) is 13.3 Å². The lowest BCUT2D eigenvalue weighted by atomic mass is 10.2. The third-order valence-electron chi connectivity index (χ3n) is 2.55. The number of benzene rings is 1. The summed E-state index contributed by atoms with van der Waals surface area (Å²) < 4.78 is 1.93. The van der Waals surface area contributed by atoms with E-state index in [1.807, 2.05) is 30.7 Å². The highest BCUT2D eigenvalue weighted by molar-refractivity contribution is 6.32. The van der Waals surface area contributed by atoms with Crippen LogP contribution in [0.1, 0.15) is 11.4 Å². The van der Waals surface area contributed by atoms with Gasteiger partial charge in [0.05, 0.1) is 23.5 Å². The number of hydrogen-bond acceptors (Lipinski definition) is 2. The van der Waals surface area contributed by atoms with Gasteiger partial charge in [0.25, 0.3) is 0 Å². The van der Waals surface area contributed by atoms with Gasteiger partial charge in [-0.1, -0.05) is 11.6 Å². The Hall–Kier alpha value is -1.53. The van der Waals surface area contributed by atoms with E-state index in [-0.39, 0.29) is 0 Å². The Labute approximate surface area is 92.9 Å². The van der Waals surface area contributed by atoms with E-state index in [9.17, 15) is 0 Å². The molecule has 1 heterocycles. The quantitative estimate of drug-likeness (QED) is 0.740. The van der Waals surface area contributed by atoms with Crippen LogP contribution in [0.4, 0.5) is 0 Å². The summed E-state index contributed by atoms with van der Waals surface area (Å²) in [5.74, 6) is 0.776. The largest absolute Gasteiger partial charge is 0.330 e. The van der Waals surface area contributed by atoms with Crippen LogP contribution < -0.4 is 0 Å². The zero-order chi connectivity index (χ0) is 11.0. The molecule has 76 valence electrons. The highest BCUT2D eigenvalue weighted by atomic mass is 35.5. The lowest BCUT2D eigenvalue weighted by Crippen LogP contribution is -1.97. The summed E-state index contributed by atoms with van der Waals surface area (Å²) in [5.41, 5.74) is 2.91. The maximum absolute atomic E-state index is 8.66. The SMILES string of the molecule is Cc1c(Cl)ccc2nc(CC#N)n(C)c12. The first kappa shape index (κ1) is 10.0. The van der Waals surface area contributed by atoms with E-state index in [4.69, 9.17) is 16.9 Å². The molecule has 0 spiro atoms. The molecule has 0 bridgehead atoms. The Balaban J connectivity index is 2.79. The average Bonchev–Trinajstić information content (AvgIpc) is 2.52. The Morgan fingerprint density at radius 2 is 2.27 bits per heavy atom. The first-order valence-electron chi connectivity index (χ1n) is 4.62. The molecule has 0 amide bonds. The zero-order valence-corrected chi connectivity index (χ0v) is 9.34. The highest BCUT2D eigenvalue weighted by Crippen LogP contribution is 2.25. The standard InChI is InChI=1S/C11H10ClN3/c1-7-8(12)3-4-9-11(7)15(2)10(14-9)5-6-13/h3-4H,5H2,1-2H3. The van der Waals surface area contributed by atoms with E-state index < -0.39 is 0 Å². The van der Waals surface area contributed by atoms with E-state index in [1.165, 1.54) is 0 Å². The molecule has 0 radical (unpaired) electrons. The average molecular weight is 220 g/mol. The van der Waals surface area contributed by atoms with Crippen molar-refractivity contribution in [1.29, 1.82) is 5.26 Å². The van der Waals surface area contributed by atoms with Gasteiger partial charge in [-0.15, -0.1) is 0 Å². The number of aryl methyl sites for hydroxylation is 2. The van der Waals surface area contributed by atoms with Crippen LogP contribution in [0, 0.1) is 18.3 Å². The number of nitriles is 1. The summed E-state index contributed by atoms with van der Waals surface area (Å²) in [4.78, 5) is 4.39. The monoisotopic (exact) mass is 219 g/mol. The van der Waals surface area contributed by atoms with Gasteiger partial charge in [0.2, 0.25) is 0 Å². The topological polar surface area (TPSA) is 41.6 Å². The molecule has 0 saturated carbocycles. The normalized spacial score (nSPS) is 10.5. The number of imidazole rings is 1. The lowest BCUT2D eigenvalue weighted by Gasteiger charge is -2.02. The van der Waals surface area contributed by atoms with Crippen molar-refractivity contribution in [1.82, 2.24) is 9.55 Å². The summed E-state index contributed by atoms with van der Waals surface area (Å²) in [6.07, 6.45) is 0.322. The number of aromatic nitrogens is 2. The van der Waals surface area contributed by atoms with Crippen molar-refractivity contribution in [3.8, 4) is 6.07 Å². The van der Waals surface area contributed by atoms with Crippen LogP contribution in [0.15, 0.2) is 12.1 Å². The van der Waals surface area contributed by atoms with Gasteiger partial charge in [0.15, 0.2) is 0 Å². The summed E-state index contributed by atoms with van der Waals surface area (Å²) >= 11 is 6.04. The van der Waals surface area contributed by atoms with E-state index in [2.05, 4.69) is 11.1 Å². The van der Waals surface area contributed by atoms with Gasteiger partial charge in [-0.2, -0.15) is 5.26 Å². The van der Waals surface area contributed by atoms with Crippen LogP contribution in [-0.4, -0.2) is 9.55 Å². The molecule has 0 aliphatic heterocycles. The molecule has 0 aliphatic carbocycles. The van der Waals surface area contributed by atoms with E-state index in [1.54, 1.807) is 0 Å². The number of hydrogen-bond donors (Lipinski definition) is 0. The van der Waals surface area contributed by atoms with Crippen LogP contribution >= 0.6 is 11.6 Å². The predicted molar refractivity (Wildman–Crippen MR) is 59.8 cm³/mol. The van der Waals surface area contributed by atoms with Crippen LogP contribution in [-0.2, 0) is 13.5 Å². The van der Waals surface area contributed by atoms with Gasteiger partial charge in [0, 0.05) is 12.1 Å². The molecule has 2 aromatic rings. The van der Waals surface area contributed by atoms with Crippen molar-refractivity contribution in [2.75, 3.05) is 0 Å². The van der Waals surface area contributed by atoms with Gasteiger partial charge >= 0.3 is 0 Å². The van der Waals surface area contributed by atoms with E-state index in [0.29, 0.717) is 6.42 Å². The van der Waals surface area contributed by atoms with Gasteiger partial charge in [0.1, 0.15) is 5.82 Å². The molecule has 0 unspecified atom stereocenters. The maximum atomic E-state index is 8.66. The molecular formula is C11H10ClN3. The van der Waals surface area contributed by atoms with Gasteiger partial charge in [-0.3, -0.25) is 0 Å². The first-order chi connectivity index (χ1) is 7.15. The Bertz CT molecular complexity index is 563. The molecule has 3 nitrogen and oxygen atoms in total. The third kappa shape index (κ3) is 1.47. The number of halogens is 1. The van der Waals surface area contributed by atoms with Crippen molar-refractivity contribution in [3.05, 3.63) is 28.5 Å². The van der Waals surface area contributed by atoms with Crippen molar-refractivity contribution >= 4 is 22.6 Å². The fraction of sp³-hybridized carbons (Fsp3) is 0.273. The summed E-state index contributed by atoms with van der Waals surface area (Å²) in [6, 6.07) is 5.82. The molecule has 15 heavy (non-hydrogen) atoms. The van der Waals surface area contributed by atoms with Crippen LogP contribution in [0.5, 0.6) is 0 Å². The minimum atomic E-state index is 0.322. The molecular weight excluding hydrogens is 210 g/mol. The third-order valence-corrected chi connectivity index (χ3v) is 2.96. The second-order valence-corrected chi connectivity index (χ2v) is 3.87. The maximum Gasteiger partial charge on any atom is 0.123 e. The molecule has 0 aliphatic rings. The fourth-order valence-electron chi connectivity index (χ4n) is 1.75. The molecule has 0 N–H and O–H groups in total. The second kappa shape index (κ2) is 3.56. The molecule has 0 atom stereocenters. The minimum absolute atomic E-state index is 0.322. The lowest BCUT2D eigenvalue weighted by molar-refractivity contribution is 0.855. The van der Waals surface area contributed by atoms with Crippen molar-refractivity contribution in [3.63, 3.8) is 0 Å². The van der Waals surface area contributed by atoms with Crippen LogP contribution in [0.2, 0.25) is 5.02 Å². The van der Waals surface area contributed by atoms with E-state index >= 15 is 0 Å². The summed E-state index contributed by atoms with van der Waals surface area (Å²) in [7, 11) is 1.91. The Morgan fingerprint density at radius 3 is 2.93 bits per heavy atom. The number of fused-ring (bicyclic) bond motifs is 1. The van der Waals surface area contributed by atoms with Gasteiger partial charge in [-0.25, -0.2) is 4.98 Å². The highest BCUT2D eigenvalue weighted by Gasteiger charge is 2.10. The molecule has 1 aromatic heterocycles. The Morgan fingerprint density at radius 1 is 1.53 bits per heavy atom. The molecule has 1 aromatic carbocycles. The second-order valence-electron chi connectivity index (χ2n) is 3.46. The number of rotatable bonds is 1. The van der Waals surface area contributed by atoms with Crippen LogP contribution in [0.3, 0.4) is 0 Å². The van der Waals surface area contributed by atoms with Gasteiger partial charge in [-0.05, 0) is 24.6 Å². The summed E-state index contributed by atoms with van der Waals surface area (Å²) in [6.45, 7) is 1.96. The van der Waals surface area contributed by atoms with Crippen molar-refractivity contribution < 1.29 is 0 Å². The molecule has 2 rings (SSSR count). The van der Waals surface area contributed by atoms with Crippen LogP contribution in [0.25, 0.3) is 11.0 Å². The molecule has 4 heteroatoms. The van der Waals surface area contributed by atoms with E-state index in [0.717, 1.165) is 27.4 Å². The minimum Gasteiger partial charge on any atom is -0.330 e. The predicted octanol–water partition coefficient (Wildman–Crippen LogP) is 2.60. The smallest absolute Gasteiger partial charge is 0.123 e. The molecule has 0 fully saturated rings. The summed E-state index contributed by atoms with van der Waals surface area (Å²) in [5, 5.41) is 9.39. The number of nitrogens with zero attached hydrogens (tertiary/aromatic N) is 3. The Kier molecular flexibility index (Phi) is 2.37. The first-order valence-corrected chi connectivity index (χ1v) is 5.00. The zero-order valence-electron chi connectivity index (χ0n) is 8.58.